The van der Waals surface area contributed by atoms with Gasteiger partial charge in [0.15, 0.2) is 0 Å². The van der Waals surface area contributed by atoms with Crippen molar-refractivity contribution in [2.75, 3.05) is 10.6 Å². The Labute approximate surface area is 195 Å². The zero-order valence-corrected chi connectivity index (χ0v) is 18.4. The molecule has 6 rings (SSSR count). The summed E-state index contributed by atoms with van der Waals surface area (Å²) in [5.41, 5.74) is 4.44. The normalized spacial score (nSPS) is 15.2. The highest BCUT2D eigenvalue weighted by molar-refractivity contribution is 6.14. The first-order valence-corrected chi connectivity index (χ1v) is 11.5. The smallest absolute Gasteiger partial charge is 0.319 e. The first-order valence-electron chi connectivity index (χ1n) is 11.5. The lowest BCUT2D eigenvalue weighted by molar-refractivity contribution is 0.102. The summed E-state index contributed by atoms with van der Waals surface area (Å²) in [5, 5.41) is 13.5. The molecule has 8 nitrogen and oxygen atoms in total. The Kier molecular flexibility index (Phi) is 4.98. The average Bonchev–Trinajstić information content (AvgIpc) is 3.79. The minimum Gasteiger partial charge on any atom is -0.335 e. The summed E-state index contributed by atoms with van der Waals surface area (Å²) in [6.07, 6.45) is 4.17. The Hall–Kier alpha value is -4.20. The number of nitrogens with one attached hydrogen (secondary N) is 3. The molecule has 0 saturated heterocycles. The summed E-state index contributed by atoms with van der Waals surface area (Å²) in [6.45, 7) is 0. The quantitative estimate of drug-likeness (QED) is 0.367. The predicted molar refractivity (Wildman–Crippen MR) is 129 cm³/mol. The van der Waals surface area contributed by atoms with Gasteiger partial charge < -0.3 is 20.5 Å². The maximum absolute atomic E-state index is 13.4. The Morgan fingerprint density at radius 1 is 0.882 bits per heavy atom. The van der Waals surface area contributed by atoms with Gasteiger partial charge in [-0.2, -0.15) is 0 Å². The van der Waals surface area contributed by atoms with Gasteiger partial charge in [-0.15, -0.1) is 0 Å². The first-order chi connectivity index (χ1) is 16.6. The van der Waals surface area contributed by atoms with E-state index in [1.807, 2.05) is 36.4 Å². The minimum absolute atomic E-state index is 0.216. The van der Waals surface area contributed by atoms with Gasteiger partial charge in [-0.25, -0.2) is 9.78 Å². The molecule has 4 aromatic rings. The zero-order chi connectivity index (χ0) is 23.1. The molecular weight excluding hydrogens is 430 g/mol. The number of anilines is 2. The standard InChI is InChI=1S/C26H23N5O3/c32-24(27-17-8-10-18(11-9-17)28-26(33)29-19-12-13-19)20-14-21(15-6-7-15)30-25-22(20)23(31-34-25)16-4-2-1-3-5-16/h1-5,8-11,14-15,19H,6-7,12-13H2,(H,27,32)(H2,28,29,33). The summed E-state index contributed by atoms with van der Waals surface area (Å²) in [5.74, 6) is 0.0928. The number of aromatic nitrogens is 2. The highest BCUT2D eigenvalue weighted by Crippen LogP contribution is 2.41. The SMILES string of the molecule is O=C(Nc1ccc(NC(=O)c2cc(C3CC3)nc3onc(-c4ccccc4)c23)cc1)NC1CC1. The van der Waals surface area contributed by atoms with Crippen LogP contribution in [0.25, 0.3) is 22.4 Å². The highest BCUT2D eigenvalue weighted by atomic mass is 16.5. The van der Waals surface area contributed by atoms with E-state index in [4.69, 9.17) is 4.52 Å². The number of nitrogens with zero attached hydrogens (tertiary/aromatic N) is 2. The summed E-state index contributed by atoms with van der Waals surface area (Å²) >= 11 is 0. The fourth-order valence-electron chi connectivity index (χ4n) is 3.95. The van der Waals surface area contributed by atoms with Crippen LogP contribution in [-0.4, -0.2) is 28.1 Å². The second-order valence-corrected chi connectivity index (χ2v) is 8.85. The molecule has 0 atom stereocenters. The molecule has 2 fully saturated rings. The van der Waals surface area contributed by atoms with Gasteiger partial charge in [-0.1, -0.05) is 35.5 Å². The number of fused-ring (bicyclic) bond motifs is 1. The molecule has 2 aliphatic carbocycles. The van der Waals surface area contributed by atoms with Crippen LogP contribution in [0.1, 0.15) is 47.7 Å². The fourth-order valence-corrected chi connectivity index (χ4v) is 3.95. The van der Waals surface area contributed by atoms with Crippen molar-refractivity contribution in [2.45, 2.75) is 37.6 Å². The number of benzene rings is 2. The molecule has 0 radical (unpaired) electrons. The van der Waals surface area contributed by atoms with E-state index >= 15 is 0 Å². The third-order valence-electron chi connectivity index (χ3n) is 6.07. The molecule has 34 heavy (non-hydrogen) atoms. The fraction of sp³-hybridized carbons (Fsp3) is 0.231. The minimum atomic E-state index is -0.262. The van der Waals surface area contributed by atoms with Gasteiger partial charge in [-0.05, 0) is 56.0 Å². The van der Waals surface area contributed by atoms with Gasteiger partial charge in [0.2, 0.25) is 0 Å². The Morgan fingerprint density at radius 2 is 1.59 bits per heavy atom. The first kappa shape index (κ1) is 20.4. The third-order valence-corrected chi connectivity index (χ3v) is 6.07. The molecule has 170 valence electrons. The summed E-state index contributed by atoms with van der Waals surface area (Å²) in [6, 6.07) is 18.6. The third kappa shape index (κ3) is 4.22. The van der Waals surface area contributed by atoms with E-state index < -0.39 is 0 Å². The van der Waals surface area contributed by atoms with Gasteiger partial charge >= 0.3 is 6.03 Å². The lowest BCUT2D eigenvalue weighted by Crippen LogP contribution is -2.30. The van der Waals surface area contributed by atoms with Crippen LogP contribution < -0.4 is 16.0 Å². The predicted octanol–water partition coefficient (Wildman–Crippen LogP) is 5.30. The summed E-state index contributed by atoms with van der Waals surface area (Å²) in [4.78, 5) is 30.0. The van der Waals surface area contributed by atoms with Crippen molar-refractivity contribution < 1.29 is 14.1 Å². The number of urea groups is 1. The van der Waals surface area contributed by atoms with Crippen molar-refractivity contribution in [3.8, 4) is 11.3 Å². The molecule has 2 aliphatic rings. The lowest BCUT2D eigenvalue weighted by Gasteiger charge is -2.10. The van der Waals surface area contributed by atoms with Crippen LogP contribution in [0.3, 0.4) is 0 Å². The Bertz CT molecular complexity index is 1370. The molecule has 2 aromatic carbocycles. The largest absolute Gasteiger partial charge is 0.335 e. The van der Waals surface area contributed by atoms with Crippen molar-refractivity contribution >= 4 is 34.4 Å². The van der Waals surface area contributed by atoms with Crippen molar-refractivity contribution in [2.24, 2.45) is 0 Å². The number of carbonyl (C=O) groups is 2. The molecule has 0 aliphatic heterocycles. The monoisotopic (exact) mass is 453 g/mol. The van der Waals surface area contributed by atoms with E-state index in [1.54, 1.807) is 24.3 Å². The number of amides is 3. The maximum atomic E-state index is 13.4. The molecule has 8 heteroatoms. The molecule has 2 aromatic heterocycles. The summed E-state index contributed by atoms with van der Waals surface area (Å²) in [7, 11) is 0. The molecule has 3 N–H and O–H groups in total. The molecule has 0 unspecified atom stereocenters. The Morgan fingerprint density at radius 3 is 2.26 bits per heavy atom. The van der Waals surface area contributed by atoms with E-state index in [0.29, 0.717) is 39.6 Å². The number of rotatable bonds is 6. The van der Waals surface area contributed by atoms with Gasteiger partial charge in [0.1, 0.15) is 5.69 Å². The molecule has 0 spiro atoms. The van der Waals surface area contributed by atoms with Crippen LogP contribution in [0.5, 0.6) is 0 Å². The van der Waals surface area contributed by atoms with Crippen LogP contribution in [0.4, 0.5) is 16.2 Å². The number of hydrogen-bond donors (Lipinski definition) is 3. The molecule has 0 bridgehead atoms. The molecule has 2 heterocycles. The molecule has 3 amide bonds. The topological polar surface area (TPSA) is 109 Å². The summed E-state index contributed by atoms with van der Waals surface area (Å²) < 4.78 is 5.56. The van der Waals surface area contributed by atoms with Gasteiger partial charge in [0, 0.05) is 34.6 Å². The number of carbonyl (C=O) groups excluding carboxylic acids is 2. The van der Waals surface area contributed by atoms with Crippen molar-refractivity contribution in [3.63, 3.8) is 0 Å². The zero-order valence-electron chi connectivity index (χ0n) is 18.4. The maximum Gasteiger partial charge on any atom is 0.319 e. The van der Waals surface area contributed by atoms with E-state index in [9.17, 15) is 9.59 Å². The van der Waals surface area contributed by atoms with E-state index in [2.05, 4.69) is 26.1 Å². The second kappa shape index (κ2) is 8.30. The van der Waals surface area contributed by atoms with E-state index in [1.165, 1.54) is 0 Å². The van der Waals surface area contributed by atoms with Crippen LogP contribution in [0.15, 0.2) is 65.2 Å². The van der Waals surface area contributed by atoms with Crippen LogP contribution >= 0.6 is 0 Å². The van der Waals surface area contributed by atoms with Gasteiger partial charge in [0.25, 0.3) is 11.6 Å². The van der Waals surface area contributed by atoms with Crippen molar-refractivity contribution in [1.29, 1.82) is 0 Å². The molecular formula is C26H23N5O3. The lowest BCUT2D eigenvalue weighted by atomic mass is 10.0. The number of pyridine rings is 1. The van der Waals surface area contributed by atoms with E-state index in [0.717, 1.165) is 36.9 Å². The van der Waals surface area contributed by atoms with Gasteiger partial charge in [-0.3, -0.25) is 4.79 Å². The Balaban J connectivity index is 1.28. The number of hydrogen-bond acceptors (Lipinski definition) is 5. The second-order valence-electron chi connectivity index (χ2n) is 8.85. The van der Waals surface area contributed by atoms with Crippen molar-refractivity contribution in [1.82, 2.24) is 15.5 Å². The average molecular weight is 454 g/mol. The van der Waals surface area contributed by atoms with Crippen LogP contribution in [0, 0.1) is 0 Å². The highest BCUT2D eigenvalue weighted by Gasteiger charge is 2.29. The van der Waals surface area contributed by atoms with Crippen LogP contribution in [-0.2, 0) is 0 Å². The van der Waals surface area contributed by atoms with E-state index in [-0.39, 0.29) is 18.0 Å². The molecule has 2 saturated carbocycles. The van der Waals surface area contributed by atoms with Gasteiger partial charge in [0.05, 0.1) is 10.9 Å². The van der Waals surface area contributed by atoms with Crippen molar-refractivity contribution in [3.05, 3.63) is 71.9 Å². The van der Waals surface area contributed by atoms with Crippen LogP contribution in [0.2, 0.25) is 0 Å².